The average Bonchev–Trinajstić information content (AvgIpc) is 1.87. The van der Waals surface area contributed by atoms with Gasteiger partial charge in [0.25, 0.3) is 0 Å². The summed E-state index contributed by atoms with van der Waals surface area (Å²) in [5.41, 5.74) is 6.36. The summed E-state index contributed by atoms with van der Waals surface area (Å²) in [7, 11) is 0. The predicted octanol–water partition coefficient (Wildman–Crippen LogP) is 2.11. The van der Waals surface area contributed by atoms with E-state index in [-0.39, 0.29) is 5.54 Å². The van der Waals surface area contributed by atoms with E-state index in [0.29, 0.717) is 0 Å². The van der Waals surface area contributed by atoms with Gasteiger partial charge in [0.15, 0.2) is 0 Å². The van der Waals surface area contributed by atoms with Crippen LogP contribution in [0, 0.1) is 0 Å². The van der Waals surface area contributed by atoms with Crippen molar-refractivity contribution >= 4 is 6.34 Å². The minimum atomic E-state index is -0.0411. The summed E-state index contributed by atoms with van der Waals surface area (Å²) in [6.45, 7) is 10.1. The van der Waals surface area contributed by atoms with Crippen molar-refractivity contribution in [2.45, 2.75) is 39.2 Å². The maximum absolute atomic E-state index is 5.24. The highest BCUT2D eigenvalue weighted by Gasteiger charge is 2.19. The quantitative estimate of drug-likeness (QED) is 0.376. The van der Waals surface area contributed by atoms with E-state index in [2.05, 4.69) is 25.4 Å². The van der Waals surface area contributed by atoms with Crippen molar-refractivity contribution in [1.82, 2.24) is 0 Å². The zero-order chi connectivity index (χ0) is 8.91. The molecule has 2 heteroatoms. The number of rotatable bonds is 4. The summed E-state index contributed by atoms with van der Waals surface area (Å²) in [6, 6.07) is 0. The largest absolute Gasteiger partial charge is 0.390 e. The van der Waals surface area contributed by atoms with Crippen LogP contribution in [0.25, 0.3) is 0 Å². The molecule has 0 heterocycles. The average molecular weight is 154 g/mol. The summed E-state index contributed by atoms with van der Waals surface area (Å²) < 4.78 is 0. The lowest BCUT2D eigenvalue weighted by Crippen LogP contribution is -2.22. The second-order valence-electron chi connectivity index (χ2n) is 3.26. The van der Waals surface area contributed by atoms with Gasteiger partial charge in [0, 0.05) is 0 Å². The van der Waals surface area contributed by atoms with Crippen molar-refractivity contribution in [3.05, 3.63) is 12.2 Å². The molecule has 0 saturated heterocycles. The Labute approximate surface area is 69.2 Å². The molecule has 0 aromatic heterocycles. The Kier molecular flexibility index (Phi) is 3.86. The molecule has 1 atom stereocenters. The molecular weight excluding hydrogens is 136 g/mol. The molecule has 2 N–H and O–H groups in total. The molecule has 0 fully saturated rings. The third-order valence-corrected chi connectivity index (χ3v) is 1.83. The molecule has 0 aromatic rings. The van der Waals surface area contributed by atoms with E-state index in [9.17, 15) is 0 Å². The van der Waals surface area contributed by atoms with Crippen molar-refractivity contribution in [3.8, 4) is 0 Å². The fourth-order valence-corrected chi connectivity index (χ4v) is 1.09. The molecule has 0 aliphatic carbocycles. The molecule has 0 radical (unpaired) electrons. The molecule has 0 bridgehead atoms. The van der Waals surface area contributed by atoms with Gasteiger partial charge in [0.2, 0.25) is 0 Å². The van der Waals surface area contributed by atoms with E-state index in [4.69, 9.17) is 5.73 Å². The molecule has 0 amide bonds. The molecule has 2 nitrogen and oxygen atoms in total. The normalized spacial score (nSPS) is 16.6. The Balaban J connectivity index is 4.21. The van der Waals surface area contributed by atoms with Crippen LogP contribution in [0.15, 0.2) is 17.1 Å². The summed E-state index contributed by atoms with van der Waals surface area (Å²) >= 11 is 0. The second-order valence-corrected chi connectivity index (χ2v) is 3.26. The molecule has 64 valence electrons. The highest BCUT2D eigenvalue weighted by Crippen LogP contribution is 2.22. The first-order chi connectivity index (χ1) is 5.04. The van der Waals surface area contributed by atoms with E-state index in [1.807, 2.05) is 6.92 Å². The van der Waals surface area contributed by atoms with Gasteiger partial charge in [-0.15, -0.1) is 6.58 Å². The number of aliphatic imine (C=N–C) groups is 1. The predicted molar refractivity (Wildman–Crippen MR) is 50.8 cm³/mol. The monoisotopic (exact) mass is 154 g/mol. The Morgan fingerprint density at radius 3 is 2.55 bits per heavy atom. The molecular formula is C9H18N2. The molecule has 0 spiro atoms. The molecule has 0 rings (SSSR count). The summed E-state index contributed by atoms with van der Waals surface area (Å²) in [4.78, 5) is 4.21. The summed E-state index contributed by atoms with van der Waals surface area (Å²) in [5, 5.41) is 0. The Morgan fingerprint density at radius 2 is 2.27 bits per heavy atom. The fraction of sp³-hybridized carbons (Fsp3) is 0.667. The van der Waals surface area contributed by atoms with Crippen molar-refractivity contribution in [3.63, 3.8) is 0 Å². The van der Waals surface area contributed by atoms with Gasteiger partial charge >= 0.3 is 0 Å². The first-order valence-electron chi connectivity index (χ1n) is 3.94. The van der Waals surface area contributed by atoms with Crippen LogP contribution in [-0.2, 0) is 0 Å². The zero-order valence-corrected chi connectivity index (χ0v) is 7.72. The maximum Gasteiger partial charge on any atom is 0.0804 e. The van der Waals surface area contributed by atoms with E-state index in [1.54, 1.807) is 0 Å². The van der Waals surface area contributed by atoms with Gasteiger partial charge in [0.1, 0.15) is 0 Å². The van der Waals surface area contributed by atoms with Crippen LogP contribution in [0.4, 0.5) is 0 Å². The molecule has 0 aliphatic rings. The minimum absolute atomic E-state index is 0.0411. The van der Waals surface area contributed by atoms with Crippen LogP contribution in [0.2, 0.25) is 0 Å². The van der Waals surface area contributed by atoms with E-state index in [0.717, 1.165) is 18.4 Å². The first kappa shape index (κ1) is 10.2. The highest BCUT2D eigenvalue weighted by molar-refractivity contribution is 5.52. The third-order valence-electron chi connectivity index (χ3n) is 1.83. The molecule has 0 aliphatic heterocycles. The van der Waals surface area contributed by atoms with E-state index < -0.39 is 0 Å². The number of hydrogen-bond acceptors (Lipinski definition) is 1. The van der Waals surface area contributed by atoms with Crippen molar-refractivity contribution in [1.29, 1.82) is 0 Å². The number of nitrogens with zero attached hydrogens (tertiary/aromatic N) is 1. The second kappa shape index (κ2) is 4.16. The molecule has 1 unspecified atom stereocenters. The van der Waals surface area contributed by atoms with Crippen molar-refractivity contribution < 1.29 is 0 Å². The standard InChI is InChI=1S/C9H18N2/c1-5-9(4,11-7-10)6-8(2)3/h7H,2,5-6H2,1,3-4H3,(H2,10,11). The highest BCUT2D eigenvalue weighted by atomic mass is 14.9. The molecule has 0 aromatic carbocycles. The Hall–Kier alpha value is -0.790. The van der Waals surface area contributed by atoms with Gasteiger partial charge in [-0.25, -0.2) is 0 Å². The lowest BCUT2D eigenvalue weighted by atomic mass is 9.92. The topological polar surface area (TPSA) is 38.4 Å². The number of nitrogens with two attached hydrogens (primary N) is 1. The van der Waals surface area contributed by atoms with Crippen LogP contribution in [0.3, 0.4) is 0 Å². The summed E-state index contributed by atoms with van der Waals surface area (Å²) in [6.07, 6.45) is 3.29. The van der Waals surface area contributed by atoms with Gasteiger partial charge in [-0.2, -0.15) is 0 Å². The Bertz CT molecular complexity index is 161. The van der Waals surface area contributed by atoms with Gasteiger partial charge in [-0.05, 0) is 26.7 Å². The van der Waals surface area contributed by atoms with Crippen LogP contribution in [0.1, 0.15) is 33.6 Å². The first-order valence-corrected chi connectivity index (χ1v) is 3.94. The van der Waals surface area contributed by atoms with Crippen LogP contribution in [0.5, 0.6) is 0 Å². The summed E-state index contributed by atoms with van der Waals surface area (Å²) in [5.74, 6) is 0. The molecule has 11 heavy (non-hydrogen) atoms. The minimum Gasteiger partial charge on any atom is -0.390 e. The third kappa shape index (κ3) is 3.81. The lowest BCUT2D eigenvalue weighted by Gasteiger charge is -2.22. The van der Waals surface area contributed by atoms with Gasteiger partial charge in [0.05, 0.1) is 11.9 Å². The smallest absolute Gasteiger partial charge is 0.0804 e. The van der Waals surface area contributed by atoms with Crippen LogP contribution >= 0.6 is 0 Å². The maximum atomic E-state index is 5.24. The zero-order valence-electron chi connectivity index (χ0n) is 7.72. The Morgan fingerprint density at radius 1 is 1.73 bits per heavy atom. The van der Waals surface area contributed by atoms with Crippen LogP contribution in [-0.4, -0.2) is 11.9 Å². The van der Waals surface area contributed by atoms with Gasteiger partial charge in [-0.3, -0.25) is 4.99 Å². The van der Waals surface area contributed by atoms with Crippen molar-refractivity contribution in [2.24, 2.45) is 10.7 Å². The molecule has 0 saturated carbocycles. The van der Waals surface area contributed by atoms with Gasteiger partial charge in [-0.1, -0.05) is 12.5 Å². The van der Waals surface area contributed by atoms with E-state index >= 15 is 0 Å². The van der Waals surface area contributed by atoms with Crippen LogP contribution < -0.4 is 5.73 Å². The fourth-order valence-electron chi connectivity index (χ4n) is 1.09. The van der Waals surface area contributed by atoms with Crippen molar-refractivity contribution in [2.75, 3.05) is 0 Å². The SMILES string of the molecule is C=C(C)CC(C)(CC)N=CN. The number of hydrogen-bond donors (Lipinski definition) is 1. The van der Waals surface area contributed by atoms with Gasteiger partial charge < -0.3 is 5.73 Å². The lowest BCUT2D eigenvalue weighted by molar-refractivity contribution is 0.454. The van der Waals surface area contributed by atoms with E-state index in [1.165, 1.54) is 6.34 Å².